The first-order valence-corrected chi connectivity index (χ1v) is 11.4. The van der Waals surface area contributed by atoms with Gasteiger partial charge in [-0.2, -0.15) is 0 Å². The van der Waals surface area contributed by atoms with Crippen molar-refractivity contribution in [2.75, 3.05) is 10.6 Å². The molecule has 0 spiro atoms. The molecule has 0 unspecified atom stereocenters. The van der Waals surface area contributed by atoms with Gasteiger partial charge in [-0.05, 0) is 35.8 Å². The highest BCUT2D eigenvalue weighted by atomic mass is 32.2. The molecule has 30 heavy (non-hydrogen) atoms. The normalized spacial score (nSPS) is 11.3. The molecule has 0 aliphatic rings. The molecule has 3 aromatic rings. The first kappa shape index (κ1) is 22.3. The number of aromatic nitrogens is 2. The standard InChI is InChI=1S/C20H23N5O2S3/c1-20(2,3)8-14-9-22-15(27-14)11-29-16-10-23-19(30-16)25-17(26)12-5-4-6-13(7-12)24-18(21)28/h4-7,9-10H,8,11H2,1-3H3,(H3,21,24,28)(H,23,25,26). The molecule has 0 saturated heterocycles. The maximum absolute atomic E-state index is 12.5. The molecule has 1 aromatic carbocycles. The minimum absolute atomic E-state index is 0.144. The Balaban J connectivity index is 1.55. The fourth-order valence-electron chi connectivity index (χ4n) is 2.59. The number of hydrogen-bond acceptors (Lipinski definition) is 7. The molecule has 0 atom stereocenters. The number of nitrogens with zero attached hydrogens (tertiary/aromatic N) is 2. The van der Waals surface area contributed by atoms with E-state index in [2.05, 4.69) is 41.4 Å². The lowest BCUT2D eigenvalue weighted by molar-refractivity contribution is 0.102. The van der Waals surface area contributed by atoms with Gasteiger partial charge < -0.3 is 15.5 Å². The van der Waals surface area contributed by atoms with Crippen LogP contribution < -0.4 is 16.4 Å². The van der Waals surface area contributed by atoms with Gasteiger partial charge in [-0.15, -0.1) is 11.8 Å². The molecule has 0 aliphatic carbocycles. The number of carbonyl (C=O) groups is 1. The number of thiazole rings is 1. The van der Waals surface area contributed by atoms with Gasteiger partial charge in [0.1, 0.15) is 5.76 Å². The predicted molar refractivity (Wildman–Crippen MR) is 126 cm³/mol. The molecule has 158 valence electrons. The maximum atomic E-state index is 12.5. The van der Waals surface area contributed by atoms with E-state index in [4.69, 9.17) is 22.4 Å². The quantitative estimate of drug-likeness (QED) is 0.336. The summed E-state index contributed by atoms with van der Waals surface area (Å²) in [5.74, 6) is 1.92. The average Bonchev–Trinajstić information content (AvgIpc) is 3.27. The van der Waals surface area contributed by atoms with Crippen LogP contribution in [-0.2, 0) is 12.2 Å². The lowest BCUT2D eigenvalue weighted by atomic mass is 9.91. The van der Waals surface area contributed by atoms with E-state index in [1.165, 1.54) is 11.3 Å². The van der Waals surface area contributed by atoms with Gasteiger partial charge in [0.05, 0.1) is 22.4 Å². The molecular weight excluding hydrogens is 438 g/mol. The number of oxazole rings is 1. The highest BCUT2D eigenvalue weighted by molar-refractivity contribution is 8.00. The summed E-state index contributed by atoms with van der Waals surface area (Å²) < 4.78 is 6.77. The van der Waals surface area contributed by atoms with Gasteiger partial charge in [-0.1, -0.05) is 38.2 Å². The van der Waals surface area contributed by atoms with Crippen LogP contribution in [0, 0.1) is 5.41 Å². The van der Waals surface area contributed by atoms with Crippen molar-refractivity contribution < 1.29 is 9.21 Å². The zero-order valence-electron chi connectivity index (χ0n) is 16.9. The van der Waals surface area contributed by atoms with Gasteiger partial charge in [0.2, 0.25) is 5.89 Å². The zero-order valence-corrected chi connectivity index (χ0v) is 19.3. The van der Waals surface area contributed by atoms with Crippen molar-refractivity contribution in [3.8, 4) is 0 Å². The van der Waals surface area contributed by atoms with Crippen molar-refractivity contribution in [3.05, 3.63) is 53.9 Å². The summed E-state index contributed by atoms with van der Waals surface area (Å²) in [6.45, 7) is 6.49. The van der Waals surface area contributed by atoms with Gasteiger partial charge >= 0.3 is 0 Å². The van der Waals surface area contributed by atoms with Gasteiger partial charge in [-0.25, -0.2) is 9.97 Å². The minimum Gasteiger partial charge on any atom is -0.445 e. The number of nitrogens with two attached hydrogens (primary N) is 1. The third-order valence-corrected chi connectivity index (χ3v) is 5.94. The molecule has 2 heterocycles. The predicted octanol–water partition coefficient (Wildman–Crippen LogP) is 4.92. The Labute approximate surface area is 188 Å². The summed E-state index contributed by atoms with van der Waals surface area (Å²) in [5, 5.41) is 6.29. The molecule has 2 aromatic heterocycles. The SMILES string of the molecule is CC(C)(C)Cc1cnc(CSc2cnc(NC(=O)c3cccc(NC(N)=S)c3)s2)o1. The molecular formula is C20H23N5O2S3. The van der Waals surface area contributed by atoms with Crippen LogP contribution in [0.1, 0.15) is 42.8 Å². The van der Waals surface area contributed by atoms with Crippen LogP contribution in [0.3, 0.4) is 0 Å². The number of anilines is 2. The van der Waals surface area contributed by atoms with Crippen LogP contribution in [0.25, 0.3) is 0 Å². The Bertz CT molecular complexity index is 1040. The van der Waals surface area contributed by atoms with Gasteiger partial charge in [0, 0.05) is 17.7 Å². The summed E-state index contributed by atoms with van der Waals surface area (Å²) in [4.78, 5) is 21.1. The first-order chi connectivity index (χ1) is 14.2. The highest BCUT2D eigenvalue weighted by Crippen LogP contribution is 2.31. The summed E-state index contributed by atoms with van der Waals surface area (Å²) >= 11 is 7.79. The topological polar surface area (TPSA) is 106 Å². The Kier molecular flexibility index (Phi) is 7.11. The molecule has 0 bridgehead atoms. The fraction of sp³-hybridized carbons (Fsp3) is 0.300. The van der Waals surface area contributed by atoms with Crippen LogP contribution in [0.15, 0.2) is 45.3 Å². The Morgan fingerprint density at radius 3 is 2.80 bits per heavy atom. The summed E-state index contributed by atoms with van der Waals surface area (Å²) in [6, 6.07) is 6.92. The van der Waals surface area contributed by atoms with Crippen LogP contribution in [-0.4, -0.2) is 21.0 Å². The Morgan fingerprint density at radius 1 is 1.27 bits per heavy atom. The van der Waals surface area contributed by atoms with Crippen molar-refractivity contribution in [2.24, 2.45) is 11.1 Å². The maximum Gasteiger partial charge on any atom is 0.257 e. The number of rotatable bonds is 7. The molecule has 0 radical (unpaired) electrons. The van der Waals surface area contributed by atoms with Crippen LogP contribution in [0.5, 0.6) is 0 Å². The summed E-state index contributed by atoms with van der Waals surface area (Å²) in [5.41, 5.74) is 6.76. The summed E-state index contributed by atoms with van der Waals surface area (Å²) in [7, 11) is 0. The number of thiocarbonyl (C=S) groups is 1. The van der Waals surface area contributed by atoms with E-state index >= 15 is 0 Å². The number of nitrogens with one attached hydrogen (secondary N) is 2. The van der Waals surface area contributed by atoms with E-state index in [0.717, 1.165) is 16.4 Å². The number of hydrogen-bond donors (Lipinski definition) is 3. The molecule has 7 nitrogen and oxygen atoms in total. The molecule has 10 heteroatoms. The fourth-order valence-corrected chi connectivity index (χ4v) is 4.42. The Morgan fingerprint density at radius 2 is 2.07 bits per heavy atom. The third-order valence-electron chi connectivity index (χ3n) is 3.74. The smallest absolute Gasteiger partial charge is 0.257 e. The van der Waals surface area contributed by atoms with Crippen LogP contribution >= 0.6 is 35.3 Å². The average molecular weight is 462 g/mol. The lowest BCUT2D eigenvalue weighted by Gasteiger charge is -2.15. The molecule has 0 fully saturated rings. The second kappa shape index (κ2) is 9.59. The van der Waals surface area contributed by atoms with E-state index in [0.29, 0.717) is 28.0 Å². The second-order valence-electron chi connectivity index (χ2n) is 7.76. The monoisotopic (exact) mass is 461 g/mol. The van der Waals surface area contributed by atoms with Gasteiger partial charge in [0.25, 0.3) is 5.91 Å². The largest absolute Gasteiger partial charge is 0.445 e. The van der Waals surface area contributed by atoms with Crippen molar-refractivity contribution in [1.29, 1.82) is 0 Å². The highest BCUT2D eigenvalue weighted by Gasteiger charge is 2.15. The van der Waals surface area contributed by atoms with Crippen LogP contribution in [0.2, 0.25) is 0 Å². The van der Waals surface area contributed by atoms with Gasteiger partial charge in [0.15, 0.2) is 10.2 Å². The summed E-state index contributed by atoms with van der Waals surface area (Å²) in [6.07, 6.45) is 4.36. The molecule has 1 amide bonds. The van der Waals surface area contributed by atoms with Crippen molar-refractivity contribution in [3.63, 3.8) is 0 Å². The van der Waals surface area contributed by atoms with Crippen molar-refractivity contribution in [1.82, 2.24) is 9.97 Å². The van der Waals surface area contributed by atoms with E-state index in [9.17, 15) is 4.79 Å². The number of amides is 1. The van der Waals surface area contributed by atoms with Crippen LogP contribution in [0.4, 0.5) is 10.8 Å². The zero-order chi connectivity index (χ0) is 21.7. The first-order valence-electron chi connectivity index (χ1n) is 9.18. The molecule has 0 saturated carbocycles. The number of thioether (sulfide) groups is 1. The molecule has 3 rings (SSSR count). The third kappa shape index (κ3) is 6.82. The lowest BCUT2D eigenvalue weighted by Crippen LogP contribution is -2.19. The number of carbonyl (C=O) groups excluding carboxylic acids is 1. The van der Waals surface area contributed by atoms with E-state index in [1.807, 2.05) is 0 Å². The Hall–Kier alpha value is -2.43. The number of benzene rings is 1. The minimum atomic E-state index is -0.257. The van der Waals surface area contributed by atoms with E-state index in [-0.39, 0.29) is 16.4 Å². The molecule has 4 N–H and O–H groups in total. The van der Waals surface area contributed by atoms with Crippen molar-refractivity contribution in [2.45, 2.75) is 37.2 Å². The molecule has 0 aliphatic heterocycles. The van der Waals surface area contributed by atoms with E-state index < -0.39 is 0 Å². The van der Waals surface area contributed by atoms with E-state index in [1.54, 1.807) is 48.4 Å². The van der Waals surface area contributed by atoms with Gasteiger partial charge in [-0.3, -0.25) is 10.1 Å². The second-order valence-corrected chi connectivity index (χ2v) is 10.5. The van der Waals surface area contributed by atoms with Crippen molar-refractivity contribution >= 4 is 57.2 Å².